The lowest BCUT2D eigenvalue weighted by Gasteiger charge is -2.08. The molecule has 2 unspecified atom stereocenters. The van der Waals surface area contributed by atoms with Crippen molar-refractivity contribution in [2.45, 2.75) is 12.3 Å². The Kier molecular flexibility index (Phi) is 4.43. The van der Waals surface area contributed by atoms with Gasteiger partial charge in [0, 0.05) is 10.4 Å². The normalized spacial score (nSPS) is 19.0. The zero-order valence-electron chi connectivity index (χ0n) is 12.1. The van der Waals surface area contributed by atoms with Gasteiger partial charge in [-0.25, -0.2) is 4.39 Å². The fourth-order valence-corrected chi connectivity index (χ4v) is 2.99. The highest BCUT2D eigenvalue weighted by atomic mass is 79.9. The number of nitrogens with one attached hydrogen (secondary N) is 2. The van der Waals surface area contributed by atoms with E-state index in [0.717, 1.165) is 0 Å². The van der Waals surface area contributed by atoms with Gasteiger partial charge in [-0.3, -0.25) is 20.4 Å². The van der Waals surface area contributed by atoms with Crippen LogP contribution in [0.1, 0.15) is 28.3 Å². The molecule has 0 heterocycles. The number of amides is 2. The van der Waals surface area contributed by atoms with Crippen LogP contribution in [0.15, 0.2) is 53.0 Å². The molecular formula is C17H14BrFN2O2. The molecule has 0 aliphatic heterocycles. The van der Waals surface area contributed by atoms with E-state index in [2.05, 4.69) is 26.8 Å². The Morgan fingerprint density at radius 3 is 2.48 bits per heavy atom. The van der Waals surface area contributed by atoms with Crippen LogP contribution in [0.5, 0.6) is 0 Å². The highest BCUT2D eigenvalue weighted by molar-refractivity contribution is 9.10. The van der Waals surface area contributed by atoms with Crippen molar-refractivity contribution in [3.63, 3.8) is 0 Å². The maximum atomic E-state index is 13.7. The van der Waals surface area contributed by atoms with Gasteiger partial charge in [-0.2, -0.15) is 0 Å². The predicted octanol–water partition coefficient (Wildman–Crippen LogP) is 3.15. The van der Waals surface area contributed by atoms with Crippen LogP contribution in [0.3, 0.4) is 0 Å². The van der Waals surface area contributed by atoms with Crippen molar-refractivity contribution in [3.05, 3.63) is 69.9 Å². The molecule has 2 atom stereocenters. The molecule has 2 amide bonds. The molecule has 2 N–H and O–H groups in total. The number of rotatable bonds is 3. The number of benzene rings is 2. The van der Waals surface area contributed by atoms with Gasteiger partial charge in [-0.05, 0) is 52.0 Å². The Balaban J connectivity index is 1.56. The van der Waals surface area contributed by atoms with E-state index in [1.165, 1.54) is 6.07 Å². The fourth-order valence-electron chi connectivity index (χ4n) is 2.53. The molecule has 1 fully saturated rings. The maximum Gasteiger partial charge on any atom is 0.270 e. The zero-order chi connectivity index (χ0) is 16.4. The van der Waals surface area contributed by atoms with Crippen molar-refractivity contribution in [1.29, 1.82) is 0 Å². The second kappa shape index (κ2) is 6.50. The van der Waals surface area contributed by atoms with Gasteiger partial charge < -0.3 is 0 Å². The van der Waals surface area contributed by atoms with Crippen molar-refractivity contribution in [2.24, 2.45) is 5.92 Å². The van der Waals surface area contributed by atoms with Crippen LogP contribution in [0.4, 0.5) is 4.39 Å². The molecule has 118 valence electrons. The van der Waals surface area contributed by atoms with E-state index >= 15 is 0 Å². The molecule has 0 bridgehead atoms. The average Bonchev–Trinajstić information content (AvgIpc) is 3.33. The lowest BCUT2D eigenvalue weighted by atomic mass is 10.1. The van der Waals surface area contributed by atoms with Gasteiger partial charge in [0.2, 0.25) is 5.91 Å². The Morgan fingerprint density at radius 1 is 1.04 bits per heavy atom. The van der Waals surface area contributed by atoms with Crippen LogP contribution in [0.25, 0.3) is 0 Å². The molecule has 23 heavy (non-hydrogen) atoms. The molecular weight excluding hydrogens is 363 g/mol. The molecule has 6 heteroatoms. The molecule has 0 spiro atoms. The van der Waals surface area contributed by atoms with Crippen molar-refractivity contribution < 1.29 is 14.0 Å². The van der Waals surface area contributed by atoms with E-state index in [1.807, 2.05) is 0 Å². The van der Waals surface area contributed by atoms with E-state index in [9.17, 15) is 14.0 Å². The molecule has 0 saturated heterocycles. The summed E-state index contributed by atoms with van der Waals surface area (Å²) in [5.74, 6) is -1.46. The van der Waals surface area contributed by atoms with Crippen molar-refractivity contribution in [1.82, 2.24) is 10.9 Å². The number of hydrazine groups is 1. The summed E-state index contributed by atoms with van der Waals surface area (Å²) in [7, 11) is 0. The Labute approximate surface area is 141 Å². The number of carbonyl (C=O) groups is 2. The van der Waals surface area contributed by atoms with Crippen LogP contribution in [-0.4, -0.2) is 11.8 Å². The minimum absolute atomic E-state index is 0.128. The summed E-state index contributed by atoms with van der Waals surface area (Å²) >= 11 is 3.28. The first-order valence-corrected chi connectivity index (χ1v) is 7.96. The van der Waals surface area contributed by atoms with E-state index in [1.54, 1.807) is 42.5 Å². The van der Waals surface area contributed by atoms with Crippen molar-refractivity contribution in [3.8, 4) is 0 Å². The minimum Gasteiger partial charge on any atom is -0.273 e. The third-order valence-corrected chi connectivity index (χ3v) is 4.54. The average molecular weight is 377 g/mol. The van der Waals surface area contributed by atoms with Gasteiger partial charge in [-0.1, -0.05) is 30.3 Å². The summed E-state index contributed by atoms with van der Waals surface area (Å²) < 4.78 is 14.3. The quantitative estimate of drug-likeness (QED) is 0.808. The Hall–Kier alpha value is -2.21. The van der Waals surface area contributed by atoms with E-state index in [0.29, 0.717) is 22.0 Å². The van der Waals surface area contributed by atoms with Gasteiger partial charge in [0.25, 0.3) is 5.91 Å². The maximum absolute atomic E-state index is 13.7. The first-order chi connectivity index (χ1) is 11.1. The number of hydrogen-bond donors (Lipinski definition) is 2. The van der Waals surface area contributed by atoms with Gasteiger partial charge in [-0.15, -0.1) is 0 Å². The second-order valence-electron chi connectivity index (χ2n) is 5.39. The second-order valence-corrected chi connectivity index (χ2v) is 6.25. The smallest absolute Gasteiger partial charge is 0.270 e. The molecule has 2 aromatic carbocycles. The highest BCUT2D eigenvalue weighted by Crippen LogP contribution is 2.48. The highest BCUT2D eigenvalue weighted by Gasteiger charge is 2.45. The third-order valence-electron chi connectivity index (χ3n) is 3.85. The van der Waals surface area contributed by atoms with Crippen LogP contribution in [-0.2, 0) is 4.79 Å². The summed E-state index contributed by atoms with van der Waals surface area (Å²) in [4.78, 5) is 24.1. The first-order valence-electron chi connectivity index (χ1n) is 7.17. The topological polar surface area (TPSA) is 58.2 Å². The van der Waals surface area contributed by atoms with Gasteiger partial charge in [0.15, 0.2) is 0 Å². The van der Waals surface area contributed by atoms with Crippen LogP contribution in [0, 0.1) is 11.7 Å². The summed E-state index contributed by atoms with van der Waals surface area (Å²) in [6, 6.07) is 13.4. The number of hydrogen-bond acceptors (Lipinski definition) is 2. The van der Waals surface area contributed by atoms with E-state index < -0.39 is 5.91 Å². The monoisotopic (exact) mass is 376 g/mol. The third kappa shape index (κ3) is 3.42. The van der Waals surface area contributed by atoms with Crippen LogP contribution < -0.4 is 10.9 Å². The van der Waals surface area contributed by atoms with Crippen LogP contribution in [0.2, 0.25) is 0 Å². The van der Waals surface area contributed by atoms with Crippen LogP contribution >= 0.6 is 15.9 Å². The summed E-state index contributed by atoms with van der Waals surface area (Å²) in [6.07, 6.45) is 0.581. The molecule has 1 aliphatic carbocycles. The fraction of sp³-hybridized carbons (Fsp3) is 0.176. The lowest BCUT2D eigenvalue weighted by Crippen LogP contribution is -2.42. The molecule has 3 rings (SSSR count). The van der Waals surface area contributed by atoms with Gasteiger partial charge >= 0.3 is 0 Å². The van der Waals surface area contributed by atoms with Gasteiger partial charge in [0.1, 0.15) is 5.82 Å². The molecule has 2 aromatic rings. The minimum atomic E-state index is -0.408. The molecule has 1 saturated carbocycles. The molecule has 0 aromatic heterocycles. The predicted molar refractivity (Wildman–Crippen MR) is 87.0 cm³/mol. The number of halogens is 2. The molecule has 1 aliphatic rings. The first kappa shape index (κ1) is 15.7. The summed E-state index contributed by atoms with van der Waals surface area (Å²) in [5.41, 5.74) is 5.76. The zero-order valence-corrected chi connectivity index (χ0v) is 13.6. The Bertz CT molecular complexity index is 766. The lowest BCUT2D eigenvalue weighted by molar-refractivity contribution is -0.123. The standard InChI is InChI=1S/C17H14BrFN2O2/c18-14-7-3-1-6-11(14)16(22)20-21-17(23)13-9-12(13)10-5-2-4-8-15(10)19/h1-8,12-13H,9H2,(H,20,22)(H,21,23). The number of carbonyl (C=O) groups excluding carboxylic acids is 2. The molecule has 0 radical (unpaired) electrons. The Morgan fingerprint density at radius 2 is 1.74 bits per heavy atom. The summed E-state index contributed by atoms with van der Waals surface area (Å²) in [6.45, 7) is 0. The van der Waals surface area contributed by atoms with Crippen molar-refractivity contribution >= 4 is 27.7 Å². The van der Waals surface area contributed by atoms with Gasteiger partial charge in [0.05, 0.1) is 5.56 Å². The van der Waals surface area contributed by atoms with E-state index in [-0.39, 0.29) is 23.6 Å². The summed E-state index contributed by atoms with van der Waals surface area (Å²) in [5, 5.41) is 0. The van der Waals surface area contributed by atoms with Crippen molar-refractivity contribution in [2.75, 3.05) is 0 Å². The largest absolute Gasteiger partial charge is 0.273 e. The van der Waals surface area contributed by atoms with E-state index in [4.69, 9.17) is 0 Å². The SMILES string of the molecule is O=C(NNC(=O)C1CC1c1ccccc1F)c1ccccc1Br. The molecule has 4 nitrogen and oxygen atoms in total.